The lowest BCUT2D eigenvalue weighted by Gasteiger charge is -2.21. The second-order valence-corrected chi connectivity index (χ2v) is 6.99. The third kappa shape index (κ3) is 5.48. The molecule has 0 saturated carbocycles. The molecule has 2 aromatic carbocycles. The topological polar surface area (TPSA) is 26.3 Å². The average Bonchev–Trinajstić information content (AvgIpc) is 2.54. The molecule has 0 spiro atoms. The molecule has 0 atom stereocenters. The molecule has 0 N–H and O–H groups in total. The van der Waals surface area contributed by atoms with E-state index in [-0.39, 0.29) is 5.97 Å². The molecule has 21 heavy (non-hydrogen) atoms. The highest BCUT2D eigenvalue weighted by Crippen LogP contribution is 2.34. The van der Waals surface area contributed by atoms with Gasteiger partial charge in [-0.2, -0.15) is 0 Å². The van der Waals surface area contributed by atoms with E-state index in [2.05, 4.69) is 30.8 Å². The fraction of sp³-hybridized carbons (Fsp3) is 0.167. The van der Waals surface area contributed by atoms with Crippen molar-refractivity contribution in [2.75, 3.05) is 5.94 Å². The van der Waals surface area contributed by atoms with E-state index >= 15 is 0 Å². The summed E-state index contributed by atoms with van der Waals surface area (Å²) in [7, 11) is -0.442. The number of hydrogen-bond acceptors (Lipinski definition) is 2. The summed E-state index contributed by atoms with van der Waals surface area (Å²) in [5.74, 6) is 2.04. The summed E-state index contributed by atoms with van der Waals surface area (Å²) < 4.78 is 5.27. The van der Waals surface area contributed by atoms with Crippen LogP contribution >= 0.6 is 10.9 Å². The van der Waals surface area contributed by atoms with Gasteiger partial charge in [0, 0.05) is 17.6 Å². The van der Waals surface area contributed by atoms with Crippen LogP contribution in [-0.4, -0.2) is 11.9 Å². The quantitative estimate of drug-likeness (QED) is 0.474. The van der Waals surface area contributed by atoms with Gasteiger partial charge < -0.3 is 4.74 Å². The minimum absolute atomic E-state index is 0.344. The van der Waals surface area contributed by atoms with Crippen molar-refractivity contribution < 1.29 is 9.53 Å². The second kappa shape index (κ2) is 8.32. The van der Waals surface area contributed by atoms with Gasteiger partial charge in [0.1, 0.15) is 5.94 Å². The standard InChI is InChI=1S/C18H20O2S/c1-2-18(19)20-15-21(13-16-9-5-3-6-10-16)14-17-11-7-4-8-12-17/h2-12,21H,1,13-15H2. The van der Waals surface area contributed by atoms with E-state index in [0.29, 0.717) is 5.94 Å². The van der Waals surface area contributed by atoms with Gasteiger partial charge in [-0.25, -0.2) is 15.7 Å². The summed E-state index contributed by atoms with van der Waals surface area (Å²) in [6.07, 6.45) is 1.22. The third-order valence-corrected chi connectivity index (χ3v) is 5.17. The van der Waals surface area contributed by atoms with Gasteiger partial charge in [-0.05, 0) is 11.1 Å². The molecular weight excluding hydrogens is 280 g/mol. The molecule has 0 radical (unpaired) electrons. The number of rotatable bonds is 7. The molecule has 110 valence electrons. The molecule has 0 aliphatic heterocycles. The maximum Gasteiger partial charge on any atom is 0.330 e. The van der Waals surface area contributed by atoms with Crippen LogP contribution in [0.1, 0.15) is 11.1 Å². The Labute approximate surface area is 128 Å². The van der Waals surface area contributed by atoms with E-state index in [1.54, 1.807) is 0 Å². The molecule has 0 aromatic heterocycles. The zero-order valence-corrected chi connectivity index (χ0v) is 12.8. The Kier molecular flexibility index (Phi) is 6.10. The largest absolute Gasteiger partial charge is 0.453 e. The molecule has 2 nitrogen and oxygen atoms in total. The van der Waals surface area contributed by atoms with Crippen LogP contribution in [0, 0.1) is 0 Å². The maximum absolute atomic E-state index is 11.3. The van der Waals surface area contributed by atoms with Crippen molar-refractivity contribution in [1.29, 1.82) is 0 Å². The highest BCUT2D eigenvalue weighted by Gasteiger charge is 2.09. The Hall–Kier alpha value is -2.00. The monoisotopic (exact) mass is 300 g/mol. The highest BCUT2D eigenvalue weighted by atomic mass is 32.2. The Morgan fingerprint density at radius 1 is 0.952 bits per heavy atom. The predicted molar refractivity (Wildman–Crippen MR) is 90.4 cm³/mol. The van der Waals surface area contributed by atoms with Crippen molar-refractivity contribution in [1.82, 2.24) is 0 Å². The molecule has 0 bridgehead atoms. The van der Waals surface area contributed by atoms with Gasteiger partial charge in [0.15, 0.2) is 0 Å². The molecule has 0 fully saturated rings. The Balaban J connectivity index is 2.02. The van der Waals surface area contributed by atoms with Crippen LogP contribution < -0.4 is 0 Å². The fourth-order valence-corrected chi connectivity index (χ4v) is 4.10. The minimum Gasteiger partial charge on any atom is -0.453 e. The summed E-state index contributed by atoms with van der Waals surface area (Å²) in [5, 5.41) is 0. The number of carbonyl (C=O) groups is 1. The first-order valence-corrected chi connectivity index (χ1v) is 8.77. The lowest BCUT2D eigenvalue weighted by atomic mass is 10.2. The second-order valence-electron chi connectivity index (χ2n) is 4.75. The van der Waals surface area contributed by atoms with Gasteiger partial charge in [-0.3, -0.25) is 0 Å². The van der Waals surface area contributed by atoms with E-state index in [1.165, 1.54) is 17.2 Å². The van der Waals surface area contributed by atoms with E-state index in [9.17, 15) is 4.79 Å². The Morgan fingerprint density at radius 2 is 1.43 bits per heavy atom. The van der Waals surface area contributed by atoms with E-state index < -0.39 is 10.9 Å². The molecule has 0 amide bonds. The molecule has 2 aromatic rings. The van der Waals surface area contributed by atoms with Gasteiger partial charge in [-0.1, -0.05) is 67.2 Å². The Bertz CT molecular complexity index is 525. The van der Waals surface area contributed by atoms with E-state index in [0.717, 1.165) is 11.5 Å². The van der Waals surface area contributed by atoms with Gasteiger partial charge in [0.05, 0.1) is 0 Å². The first-order valence-electron chi connectivity index (χ1n) is 6.87. The molecule has 0 heterocycles. The van der Waals surface area contributed by atoms with Crippen LogP contribution in [0.4, 0.5) is 0 Å². The van der Waals surface area contributed by atoms with Crippen LogP contribution in [0.25, 0.3) is 0 Å². The lowest BCUT2D eigenvalue weighted by Crippen LogP contribution is -2.05. The Morgan fingerprint density at radius 3 is 1.86 bits per heavy atom. The summed E-state index contributed by atoms with van der Waals surface area (Å²) in [6, 6.07) is 20.7. The molecule has 0 aliphatic carbocycles. The molecule has 2 rings (SSSR count). The molecule has 3 heteroatoms. The average molecular weight is 300 g/mol. The van der Waals surface area contributed by atoms with Crippen molar-refractivity contribution in [3.05, 3.63) is 84.4 Å². The summed E-state index contributed by atoms with van der Waals surface area (Å²) in [4.78, 5) is 11.3. The van der Waals surface area contributed by atoms with Crippen LogP contribution in [-0.2, 0) is 21.0 Å². The minimum atomic E-state index is -0.442. The number of carbonyl (C=O) groups excluding carboxylic acids is 1. The third-order valence-electron chi connectivity index (χ3n) is 3.05. The zero-order valence-electron chi connectivity index (χ0n) is 11.9. The summed E-state index contributed by atoms with van der Waals surface area (Å²) >= 11 is 0. The normalized spacial score (nSPS) is 10.8. The smallest absolute Gasteiger partial charge is 0.330 e. The van der Waals surface area contributed by atoms with Crippen molar-refractivity contribution in [2.24, 2.45) is 0 Å². The maximum atomic E-state index is 11.3. The highest BCUT2D eigenvalue weighted by molar-refractivity contribution is 8.15. The van der Waals surface area contributed by atoms with Crippen molar-refractivity contribution in [2.45, 2.75) is 11.5 Å². The summed E-state index contributed by atoms with van der Waals surface area (Å²) in [6.45, 7) is 3.44. The van der Waals surface area contributed by atoms with Crippen LogP contribution in [0.3, 0.4) is 0 Å². The van der Waals surface area contributed by atoms with Gasteiger partial charge in [0.25, 0.3) is 0 Å². The van der Waals surface area contributed by atoms with E-state index in [1.807, 2.05) is 36.4 Å². The van der Waals surface area contributed by atoms with Crippen LogP contribution in [0.15, 0.2) is 73.3 Å². The SMILES string of the molecule is C=CC(=O)OC[SH](Cc1ccccc1)Cc1ccccc1. The zero-order chi connectivity index (χ0) is 14.9. The van der Waals surface area contributed by atoms with Gasteiger partial charge >= 0.3 is 5.97 Å². The molecule has 0 saturated heterocycles. The number of esters is 1. The number of benzene rings is 2. The van der Waals surface area contributed by atoms with Crippen LogP contribution in [0.2, 0.25) is 0 Å². The fourth-order valence-electron chi connectivity index (χ4n) is 2.04. The first-order chi connectivity index (χ1) is 10.3. The van der Waals surface area contributed by atoms with E-state index in [4.69, 9.17) is 4.74 Å². The van der Waals surface area contributed by atoms with Crippen molar-refractivity contribution >= 4 is 16.9 Å². The number of thiol groups is 1. The van der Waals surface area contributed by atoms with Gasteiger partial charge in [-0.15, -0.1) is 0 Å². The molecule has 0 aliphatic rings. The molecular formula is C18H20O2S. The van der Waals surface area contributed by atoms with Crippen molar-refractivity contribution in [3.63, 3.8) is 0 Å². The molecule has 0 unspecified atom stereocenters. The number of hydrogen-bond donors (Lipinski definition) is 1. The lowest BCUT2D eigenvalue weighted by molar-refractivity contribution is -0.135. The van der Waals surface area contributed by atoms with Gasteiger partial charge in [0.2, 0.25) is 0 Å². The first kappa shape index (κ1) is 15.4. The summed E-state index contributed by atoms with van der Waals surface area (Å²) in [5.41, 5.74) is 2.57. The van der Waals surface area contributed by atoms with Crippen molar-refractivity contribution in [3.8, 4) is 0 Å². The van der Waals surface area contributed by atoms with Crippen LogP contribution in [0.5, 0.6) is 0 Å². The predicted octanol–water partition coefficient (Wildman–Crippen LogP) is 4.07. The number of ether oxygens (including phenoxy) is 1.